The van der Waals surface area contributed by atoms with Crippen molar-refractivity contribution in [2.24, 2.45) is 10.9 Å². The average molecular weight is 518 g/mol. The summed E-state index contributed by atoms with van der Waals surface area (Å²) in [5.41, 5.74) is 1.14. The Balaban J connectivity index is 0.00000300. The number of nitrogens with zero attached hydrogens (tertiary/aromatic N) is 3. The number of morpholine rings is 1. The first-order valence-corrected chi connectivity index (χ1v) is 10.3. The van der Waals surface area contributed by atoms with Gasteiger partial charge in [0.05, 0.1) is 19.8 Å². The fourth-order valence-electron chi connectivity index (χ4n) is 3.66. The summed E-state index contributed by atoms with van der Waals surface area (Å²) in [6.45, 7) is 8.60. The van der Waals surface area contributed by atoms with Crippen molar-refractivity contribution in [1.82, 2.24) is 15.1 Å². The van der Waals surface area contributed by atoms with E-state index >= 15 is 0 Å². The number of hydrogen-bond acceptors (Lipinski definition) is 5. The largest absolute Gasteiger partial charge is 0.492 e. The van der Waals surface area contributed by atoms with Crippen molar-refractivity contribution < 1.29 is 14.2 Å². The lowest BCUT2D eigenvalue weighted by molar-refractivity contribution is 0.0322. The minimum absolute atomic E-state index is 0. The zero-order valence-corrected chi connectivity index (χ0v) is 20.0. The number of aliphatic imine (C=N–C) groups is 1. The summed E-state index contributed by atoms with van der Waals surface area (Å²) in [4.78, 5) is 8.99. The molecule has 2 aliphatic heterocycles. The van der Waals surface area contributed by atoms with Crippen molar-refractivity contribution >= 4 is 29.9 Å². The van der Waals surface area contributed by atoms with Gasteiger partial charge in [0.25, 0.3) is 0 Å². The maximum atomic E-state index is 6.08. The lowest BCUT2D eigenvalue weighted by atomic mass is 10.1. The Bertz CT molecular complexity index is 620. The molecule has 0 spiro atoms. The van der Waals surface area contributed by atoms with Gasteiger partial charge < -0.3 is 24.4 Å². The predicted octanol–water partition coefficient (Wildman–Crippen LogP) is 2.06. The van der Waals surface area contributed by atoms with Gasteiger partial charge in [-0.1, -0.05) is 18.2 Å². The van der Waals surface area contributed by atoms with Crippen LogP contribution in [0, 0.1) is 5.92 Å². The van der Waals surface area contributed by atoms with Crippen LogP contribution in [-0.2, 0) is 16.0 Å². The standard InChI is InChI=1S/C21H34N4O3.HI/c1-22-21(24(2)16-18-7-11-27-17-18)23-15-19-5-3-4-6-20(19)28-14-10-25-8-12-26-13-9-25;/h3-6,18H,7-17H2,1-2H3,(H,22,23);1H. The summed E-state index contributed by atoms with van der Waals surface area (Å²) in [5.74, 6) is 2.42. The molecule has 0 saturated carbocycles. The molecule has 3 rings (SSSR count). The van der Waals surface area contributed by atoms with Crippen LogP contribution in [0.25, 0.3) is 0 Å². The molecule has 0 bridgehead atoms. The molecule has 0 aliphatic carbocycles. The topological polar surface area (TPSA) is 58.6 Å². The molecule has 7 nitrogen and oxygen atoms in total. The summed E-state index contributed by atoms with van der Waals surface area (Å²) in [6, 6.07) is 8.22. The van der Waals surface area contributed by atoms with Gasteiger partial charge in [-0.2, -0.15) is 0 Å². The first kappa shape index (κ1) is 24.2. The van der Waals surface area contributed by atoms with Crippen LogP contribution >= 0.6 is 24.0 Å². The number of hydrogen-bond donors (Lipinski definition) is 1. The minimum atomic E-state index is 0. The monoisotopic (exact) mass is 518 g/mol. The average Bonchev–Trinajstić information content (AvgIpc) is 3.23. The third-order valence-corrected chi connectivity index (χ3v) is 5.31. The van der Waals surface area contributed by atoms with Crippen LogP contribution in [-0.4, -0.2) is 89.1 Å². The molecule has 1 atom stereocenters. The zero-order valence-electron chi connectivity index (χ0n) is 17.6. The maximum absolute atomic E-state index is 6.08. The van der Waals surface area contributed by atoms with E-state index in [0.717, 1.165) is 76.3 Å². The van der Waals surface area contributed by atoms with Gasteiger partial charge >= 0.3 is 0 Å². The van der Waals surface area contributed by atoms with Crippen molar-refractivity contribution in [3.8, 4) is 5.75 Å². The number of benzene rings is 1. The molecule has 1 unspecified atom stereocenters. The predicted molar refractivity (Wildman–Crippen MR) is 126 cm³/mol. The molecule has 1 N–H and O–H groups in total. The molecule has 1 aromatic carbocycles. The summed E-state index contributed by atoms with van der Waals surface area (Å²) < 4.78 is 17.0. The van der Waals surface area contributed by atoms with Gasteiger partial charge in [0.1, 0.15) is 12.4 Å². The second-order valence-corrected chi connectivity index (χ2v) is 7.42. The molecule has 1 aromatic rings. The van der Waals surface area contributed by atoms with Crippen molar-refractivity contribution in [3.05, 3.63) is 29.8 Å². The lowest BCUT2D eigenvalue weighted by Crippen LogP contribution is -2.41. The van der Waals surface area contributed by atoms with Crippen LogP contribution in [0.2, 0.25) is 0 Å². The van der Waals surface area contributed by atoms with Crippen LogP contribution in [0.5, 0.6) is 5.75 Å². The highest BCUT2D eigenvalue weighted by Crippen LogP contribution is 2.18. The fraction of sp³-hybridized carbons (Fsp3) is 0.667. The Morgan fingerprint density at radius 2 is 2.03 bits per heavy atom. The molecule has 29 heavy (non-hydrogen) atoms. The maximum Gasteiger partial charge on any atom is 0.193 e. The highest BCUT2D eigenvalue weighted by Gasteiger charge is 2.19. The molecule has 2 fully saturated rings. The van der Waals surface area contributed by atoms with E-state index in [1.807, 2.05) is 25.2 Å². The number of para-hydroxylation sites is 1. The van der Waals surface area contributed by atoms with Gasteiger partial charge in [0.15, 0.2) is 5.96 Å². The molecule has 2 saturated heterocycles. The molecule has 0 radical (unpaired) electrons. The Morgan fingerprint density at radius 3 is 2.76 bits per heavy atom. The Hall–Kier alpha value is -1.10. The quantitative estimate of drug-likeness (QED) is 0.323. The summed E-state index contributed by atoms with van der Waals surface area (Å²) in [5, 5.41) is 3.47. The summed E-state index contributed by atoms with van der Waals surface area (Å²) >= 11 is 0. The first-order chi connectivity index (χ1) is 13.8. The molecule has 2 aliphatic rings. The first-order valence-electron chi connectivity index (χ1n) is 10.3. The highest BCUT2D eigenvalue weighted by atomic mass is 127. The summed E-state index contributed by atoms with van der Waals surface area (Å²) in [6.07, 6.45) is 1.13. The van der Waals surface area contributed by atoms with Gasteiger partial charge in [0.2, 0.25) is 0 Å². The van der Waals surface area contributed by atoms with Crippen LogP contribution in [0.4, 0.5) is 0 Å². The van der Waals surface area contributed by atoms with E-state index in [-0.39, 0.29) is 24.0 Å². The fourth-order valence-corrected chi connectivity index (χ4v) is 3.66. The normalized spacial score (nSPS) is 20.2. The lowest BCUT2D eigenvalue weighted by Gasteiger charge is -2.26. The molecule has 8 heteroatoms. The third-order valence-electron chi connectivity index (χ3n) is 5.31. The van der Waals surface area contributed by atoms with Crippen LogP contribution in [0.15, 0.2) is 29.3 Å². The third kappa shape index (κ3) is 7.92. The molecular formula is C21H35IN4O3. The van der Waals surface area contributed by atoms with E-state index in [2.05, 4.69) is 33.2 Å². The van der Waals surface area contributed by atoms with Crippen LogP contribution < -0.4 is 10.1 Å². The highest BCUT2D eigenvalue weighted by molar-refractivity contribution is 14.0. The van der Waals surface area contributed by atoms with E-state index < -0.39 is 0 Å². The second kappa shape index (κ2) is 13.3. The van der Waals surface area contributed by atoms with Gasteiger partial charge in [0, 0.05) is 64.9 Å². The SMILES string of the molecule is CN=C(NCc1ccccc1OCCN1CCOCC1)N(C)CC1CCOC1.I. The van der Waals surface area contributed by atoms with Gasteiger partial charge in [-0.3, -0.25) is 9.89 Å². The molecular weight excluding hydrogens is 483 g/mol. The van der Waals surface area contributed by atoms with Gasteiger partial charge in [-0.05, 0) is 12.5 Å². The number of guanidine groups is 1. The Morgan fingerprint density at radius 1 is 1.24 bits per heavy atom. The molecule has 0 aromatic heterocycles. The number of halogens is 1. The Kier molecular flexibility index (Phi) is 11.0. The Labute approximate surface area is 191 Å². The zero-order chi connectivity index (χ0) is 19.6. The van der Waals surface area contributed by atoms with E-state index in [0.29, 0.717) is 19.1 Å². The van der Waals surface area contributed by atoms with E-state index in [1.165, 1.54) is 0 Å². The second-order valence-electron chi connectivity index (χ2n) is 7.42. The van der Waals surface area contributed by atoms with Crippen molar-refractivity contribution in [2.75, 3.05) is 73.3 Å². The smallest absolute Gasteiger partial charge is 0.193 e. The van der Waals surface area contributed by atoms with E-state index in [4.69, 9.17) is 14.2 Å². The molecule has 164 valence electrons. The van der Waals surface area contributed by atoms with Crippen LogP contribution in [0.1, 0.15) is 12.0 Å². The van der Waals surface area contributed by atoms with E-state index in [9.17, 15) is 0 Å². The van der Waals surface area contributed by atoms with Gasteiger partial charge in [-0.15, -0.1) is 24.0 Å². The van der Waals surface area contributed by atoms with Crippen LogP contribution in [0.3, 0.4) is 0 Å². The summed E-state index contributed by atoms with van der Waals surface area (Å²) in [7, 11) is 3.91. The van der Waals surface area contributed by atoms with Crippen molar-refractivity contribution in [2.45, 2.75) is 13.0 Å². The molecule has 2 heterocycles. The van der Waals surface area contributed by atoms with Crippen molar-refractivity contribution in [3.63, 3.8) is 0 Å². The van der Waals surface area contributed by atoms with Crippen molar-refractivity contribution in [1.29, 1.82) is 0 Å². The van der Waals surface area contributed by atoms with E-state index in [1.54, 1.807) is 0 Å². The number of nitrogens with one attached hydrogen (secondary N) is 1. The minimum Gasteiger partial charge on any atom is -0.492 e. The molecule has 0 amide bonds. The number of rotatable bonds is 8. The van der Waals surface area contributed by atoms with Gasteiger partial charge in [-0.25, -0.2) is 0 Å². The number of ether oxygens (including phenoxy) is 3.